The second-order valence-electron chi connectivity index (χ2n) is 12.5. The minimum atomic E-state index is -1.07. The van der Waals surface area contributed by atoms with E-state index in [-0.39, 0.29) is 17.4 Å². The molecule has 0 fully saturated rings. The number of carbonyl (C=O) groups is 1. The minimum Gasteiger partial charge on any atom is -0.456 e. The van der Waals surface area contributed by atoms with E-state index in [0.717, 1.165) is 22.4 Å². The number of ether oxygens (including phenoxy) is 1. The number of nitrogens with one attached hydrogen (secondary N) is 2. The number of carbonyl (C=O) groups excluding carboxylic acids is 1. The van der Waals surface area contributed by atoms with Crippen molar-refractivity contribution in [3.8, 4) is 22.6 Å². The zero-order chi connectivity index (χ0) is 29.6. The van der Waals surface area contributed by atoms with Gasteiger partial charge in [0.2, 0.25) is 0 Å². The average molecular weight is 544 g/mol. The van der Waals surface area contributed by atoms with Crippen LogP contribution in [-0.2, 0) is 12.6 Å². The van der Waals surface area contributed by atoms with Gasteiger partial charge < -0.3 is 24.7 Å². The second kappa shape index (κ2) is 10.6. The van der Waals surface area contributed by atoms with Crippen molar-refractivity contribution >= 4 is 16.8 Å². The topological polar surface area (TPSA) is 96.3 Å². The molecule has 0 aliphatic carbocycles. The van der Waals surface area contributed by atoms with Gasteiger partial charge in [0.1, 0.15) is 22.7 Å². The van der Waals surface area contributed by atoms with E-state index in [1.54, 1.807) is 19.3 Å². The van der Waals surface area contributed by atoms with E-state index in [1.807, 2.05) is 77.9 Å². The van der Waals surface area contributed by atoms with Crippen LogP contribution in [0.1, 0.15) is 75.1 Å². The Bertz CT molecular complexity index is 1610. The molecule has 2 aromatic carbocycles. The molecule has 7 heteroatoms. The Morgan fingerprint density at radius 3 is 2.30 bits per heavy atom. The first kappa shape index (κ1) is 29.2. The summed E-state index contributed by atoms with van der Waals surface area (Å²) < 4.78 is 8.06. The molecule has 4 rings (SSSR count). The van der Waals surface area contributed by atoms with Gasteiger partial charge in [0.15, 0.2) is 0 Å². The van der Waals surface area contributed by atoms with Crippen molar-refractivity contribution in [2.75, 3.05) is 0 Å². The fraction of sp³-hybridized carbons (Fsp3) is 0.394. The number of H-pyrrole nitrogens is 1. The second-order valence-corrected chi connectivity index (χ2v) is 12.5. The van der Waals surface area contributed by atoms with E-state index < -0.39 is 11.1 Å². The number of fused-ring (bicyclic) bond motifs is 1. The number of para-hydroxylation sites is 1. The van der Waals surface area contributed by atoms with Crippen LogP contribution in [-0.4, -0.2) is 26.1 Å². The lowest BCUT2D eigenvalue weighted by Crippen LogP contribution is -2.40. The Balaban J connectivity index is 1.98. The molecule has 0 spiro atoms. The minimum absolute atomic E-state index is 0.242. The van der Waals surface area contributed by atoms with Crippen LogP contribution in [0, 0.1) is 19.8 Å². The van der Waals surface area contributed by atoms with Crippen LogP contribution in [0.3, 0.4) is 0 Å². The van der Waals surface area contributed by atoms with Gasteiger partial charge in [-0.05, 0) is 88.8 Å². The molecule has 0 aliphatic heterocycles. The molecule has 1 atom stereocenters. The first-order valence-electron chi connectivity index (χ1n) is 13.7. The molecule has 3 N–H and O–H groups in total. The van der Waals surface area contributed by atoms with Gasteiger partial charge in [0, 0.05) is 35.3 Å². The van der Waals surface area contributed by atoms with E-state index in [2.05, 4.69) is 24.1 Å². The molecule has 1 amide bonds. The van der Waals surface area contributed by atoms with Crippen molar-refractivity contribution in [1.29, 1.82) is 0 Å². The summed E-state index contributed by atoms with van der Waals surface area (Å²) >= 11 is 0. The molecule has 2 aromatic heterocycles. The van der Waals surface area contributed by atoms with Crippen LogP contribution in [0.25, 0.3) is 22.0 Å². The van der Waals surface area contributed by atoms with Crippen LogP contribution >= 0.6 is 0 Å². The van der Waals surface area contributed by atoms with Crippen LogP contribution in [0.15, 0.2) is 53.5 Å². The molecular weight excluding hydrogens is 502 g/mol. The highest BCUT2D eigenvalue weighted by molar-refractivity contribution is 6.03. The molecule has 4 aromatic rings. The summed E-state index contributed by atoms with van der Waals surface area (Å²) in [7, 11) is 1.69. The van der Waals surface area contributed by atoms with Gasteiger partial charge in [-0.25, -0.2) is 0 Å². The molecule has 0 bridgehead atoms. The fourth-order valence-corrected chi connectivity index (χ4v) is 5.23. The summed E-state index contributed by atoms with van der Waals surface area (Å²) in [5.41, 5.74) is 3.04. The van der Waals surface area contributed by atoms with Gasteiger partial charge in [-0.3, -0.25) is 9.59 Å². The summed E-state index contributed by atoms with van der Waals surface area (Å²) in [6, 6.07) is 13.4. The maximum atomic E-state index is 13.2. The Hall–Kier alpha value is -3.84. The molecule has 0 radical (unpaired) electrons. The van der Waals surface area contributed by atoms with Crippen LogP contribution in [0.4, 0.5) is 0 Å². The average Bonchev–Trinajstić information content (AvgIpc) is 3.28. The van der Waals surface area contributed by atoms with Gasteiger partial charge >= 0.3 is 0 Å². The lowest BCUT2D eigenvalue weighted by molar-refractivity contribution is 0.0349. The van der Waals surface area contributed by atoms with Crippen LogP contribution in [0.5, 0.6) is 11.5 Å². The molecule has 0 saturated heterocycles. The van der Waals surface area contributed by atoms with E-state index in [4.69, 9.17) is 4.74 Å². The van der Waals surface area contributed by atoms with Crippen molar-refractivity contribution in [3.63, 3.8) is 0 Å². The van der Waals surface area contributed by atoms with E-state index >= 15 is 0 Å². The highest BCUT2D eigenvalue weighted by Gasteiger charge is 2.27. The van der Waals surface area contributed by atoms with E-state index in [1.165, 1.54) is 4.57 Å². The quantitative estimate of drug-likeness (QED) is 0.241. The summed E-state index contributed by atoms with van der Waals surface area (Å²) in [5.74, 6) is 1.33. The largest absolute Gasteiger partial charge is 0.456 e. The van der Waals surface area contributed by atoms with Gasteiger partial charge in [0.25, 0.3) is 11.5 Å². The standard InChI is InChI=1S/C33H41N3O4/c1-19(2)17-33(8,39)22-13-14-27(40-29-20(3)11-10-12-21(29)4)23(15-22)25-18-36(9)31(38)28-24(25)16-26(34-28)30(37)35-32(5,6)7/h10-16,18-19,34,39H,17H2,1-9H3,(H,35,37). The molecular formula is C33H41N3O4. The van der Waals surface area contributed by atoms with Crippen molar-refractivity contribution in [3.05, 3.63) is 81.4 Å². The van der Waals surface area contributed by atoms with Crippen LogP contribution in [0.2, 0.25) is 0 Å². The predicted octanol–water partition coefficient (Wildman–Crippen LogP) is 6.72. The number of hydrogen-bond donors (Lipinski definition) is 3. The van der Waals surface area contributed by atoms with Crippen LogP contribution < -0.4 is 15.6 Å². The molecule has 0 saturated carbocycles. The number of aromatic amines is 1. The first-order chi connectivity index (χ1) is 18.6. The van der Waals surface area contributed by atoms with Crippen molar-refractivity contribution in [1.82, 2.24) is 14.9 Å². The fourth-order valence-electron chi connectivity index (χ4n) is 5.23. The number of aromatic nitrogens is 2. The van der Waals surface area contributed by atoms with Gasteiger partial charge in [-0.15, -0.1) is 0 Å². The number of amides is 1. The Morgan fingerprint density at radius 2 is 1.70 bits per heavy atom. The maximum Gasteiger partial charge on any atom is 0.274 e. The number of rotatable bonds is 7. The highest BCUT2D eigenvalue weighted by Crippen LogP contribution is 2.41. The lowest BCUT2D eigenvalue weighted by Gasteiger charge is -2.27. The van der Waals surface area contributed by atoms with Gasteiger partial charge in [-0.2, -0.15) is 0 Å². The third-order valence-corrected chi connectivity index (χ3v) is 7.02. The molecule has 0 aliphatic rings. The predicted molar refractivity (Wildman–Crippen MR) is 161 cm³/mol. The summed E-state index contributed by atoms with van der Waals surface area (Å²) in [6.07, 6.45) is 2.34. The monoisotopic (exact) mass is 543 g/mol. The number of hydrogen-bond acceptors (Lipinski definition) is 4. The third-order valence-electron chi connectivity index (χ3n) is 7.02. The van der Waals surface area contributed by atoms with Crippen molar-refractivity contribution in [2.24, 2.45) is 13.0 Å². The van der Waals surface area contributed by atoms with Crippen molar-refractivity contribution < 1.29 is 14.6 Å². The number of aliphatic hydroxyl groups is 1. The Morgan fingerprint density at radius 1 is 1.05 bits per heavy atom. The molecule has 2 heterocycles. The summed E-state index contributed by atoms with van der Waals surface area (Å²) in [6.45, 7) is 15.7. The smallest absolute Gasteiger partial charge is 0.274 e. The third kappa shape index (κ3) is 5.99. The molecule has 1 unspecified atom stereocenters. The number of nitrogens with zero attached hydrogens (tertiary/aromatic N) is 1. The summed E-state index contributed by atoms with van der Waals surface area (Å²) in [4.78, 5) is 29.3. The highest BCUT2D eigenvalue weighted by atomic mass is 16.5. The van der Waals surface area contributed by atoms with E-state index in [0.29, 0.717) is 39.9 Å². The zero-order valence-corrected chi connectivity index (χ0v) is 25.0. The summed E-state index contributed by atoms with van der Waals surface area (Å²) in [5, 5.41) is 15.0. The number of benzene rings is 2. The number of pyridine rings is 1. The molecule has 40 heavy (non-hydrogen) atoms. The molecule has 7 nitrogen and oxygen atoms in total. The molecule has 212 valence electrons. The normalized spacial score (nSPS) is 13.5. The zero-order valence-electron chi connectivity index (χ0n) is 25.0. The number of aryl methyl sites for hydroxylation is 3. The van der Waals surface area contributed by atoms with Gasteiger partial charge in [-0.1, -0.05) is 38.1 Å². The van der Waals surface area contributed by atoms with Gasteiger partial charge in [0.05, 0.1) is 5.60 Å². The van der Waals surface area contributed by atoms with E-state index in [9.17, 15) is 14.7 Å². The Kier molecular flexibility index (Phi) is 7.74. The SMILES string of the molecule is Cc1cccc(C)c1Oc1ccc(C(C)(O)CC(C)C)cc1-c1cn(C)c(=O)c2[nH]c(C(=O)NC(C)(C)C)cc12. The maximum absolute atomic E-state index is 13.2. The van der Waals surface area contributed by atoms with Crippen molar-refractivity contribution in [2.45, 2.75) is 73.0 Å². The Labute approximate surface area is 236 Å². The lowest BCUT2D eigenvalue weighted by atomic mass is 9.85. The first-order valence-corrected chi connectivity index (χ1v) is 13.7.